The molecule has 7 nitrogen and oxygen atoms in total. The van der Waals surface area contributed by atoms with E-state index in [1.165, 1.54) is 0 Å². The summed E-state index contributed by atoms with van der Waals surface area (Å²) in [7, 11) is -3.24. The first-order valence-electron chi connectivity index (χ1n) is 11.3. The molecule has 0 aliphatic heterocycles. The summed E-state index contributed by atoms with van der Waals surface area (Å²) in [6.45, 7) is 12.4. The average molecular weight is 471 g/mol. The van der Waals surface area contributed by atoms with Crippen LogP contribution in [0.5, 0.6) is 0 Å². The number of hydrogen-bond donors (Lipinski definition) is 1. The van der Waals surface area contributed by atoms with Gasteiger partial charge in [-0.15, -0.1) is 0 Å². The largest absolute Gasteiger partial charge is 0.352 e. The van der Waals surface area contributed by atoms with Crippen LogP contribution in [-0.4, -0.2) is 41.4 Å². The third kappa shape index (κ3) is 5.99. The van der Waals surface area contributed by atoms with Gasteiger partial charge in [0, 0.05) is 12.2 Å². The van der Waals surface area contributed by atoms with Crippen molar-refractivity contribution in [3.8, 4) is 0 Å². The molecule has 0 aliphatic rings. The van der Waals surface area contributed by atoms with E-state index in [-0.39, 0.29) is 35.4 Å². The smallest absolute Gasteiger partial charge is 0.252 e. The van der Waals surface area contributed by atoms with Gasteiger partial charge in [0.25, 0.3) is 5.91 Å². The van der Waals surface area contributed by atoms with Gasteiger partial charge in [-0.05, 0) is 51.7 Å². The van der Waals surface area contributed by atoms with Crippen LogP contribution in [0.25, 0.3) is 11.0 Å². The minimum Gasteiger partial charge on any atom is -0.352 e. The second kappa shape index (κ2) is 9.63. The van der Waals surface area contributed by atoms with E-state index in [4.69, 9.17) is 4.98 Å². The Morgan fingerprint density at radius 3 is 2.42 bits per heavy atom. The van der Waals surface area contributed by atoms with Gasteiger partial charge in [-0.3, -0.25) is 4.79 Å². The van der Waals surface area contributed by atoms with Crippen LogP contribution in [0.1, 0.15) is 74.3 Å². The maximum atomic E-state index is 13.1. The number of rotatable bonds is 8. The number of carbonyl (C=O) groups is 1. The van der Waals surface area contributed by atoms with Crippen molar-refractivity contribution >= 4 is 26.8 Å². The predicted molar refractivity (Wildman–Crippen MR) is 132 cm³/mol. The Balaban J connectivity index is 1.76. The molecular formula is C25H34N4O3S. The van der Waals surface area contributed by atoms with Crippen molar-refractivity contribution in [3.05, 3.63) is 58.9 Å². The van der Waals surface area contributed by atoms with Gasteiger partial charge in [0.05, 0.1) is 33.7 Å². The van der Waals surface area contributed by atoms with E-state index in [2.05, 4.69) is 31.2 Å². The number of benzene rings is 1. The molecule has 33 heavy (non-hydrogen) atoms. The maximum absolute atomic E-state index is 13.1. The van der Waals surface area contributed by atoms with Crippen molar-refractivity contribution < 1.29 is 13.2 Å². The highest BCUT2D eigenvalue weighted by atomic mass is 32.2. The first-order valence-corrected chi connectivity index (χ1v) is 13.1. The molecule has 0 saturated heterocycles. The number of sulfone groups is 1. The van der Waals surface area contributed by atoms with Gasteiger partial charge in [-0.25, -0.2) is 18.1 Å². The zero-order chi connectivity index (χ0) is 24.4. The number of pyridine rings is 1. The van der Waals surface area contributed by atoms with Crippen LogP contribution in [-0.2, 0) is 21.1 Å². The molecule has 178 valence electrons. The first kappa shape index (κ1) is 24.9. The van der Waals surface area contributed by atoms with Gasteiger partial charge in [-0.2, -0.15) is 5.10 Å². The van der Waals surface area contributed by atoms with Crippen LogP contribution in [0.2, 0.25) is 0 Å². The molecule has 0 radical (unpaired) electrons. The maximum Gasteiger partial charge on any atom is 0.252 e. The zero-order valence-corrected chi connectivity index (χ0v) is 21.2. The molecule has 0 aliphatic carbocycles. The van der Waals surface area contributed by atoms with Gasteiger partial charge >= 0.3 is 0 Å². The monoisotopic (exact) mass is 470 g/mol. The standard InChI is InChI=1S/C25H34N4O3S/c1-17(2)21-15-20(22-18(3)28-29(23(22)27-21)25(4,5)6)24(30)26-13-10-14-33(31,32)16-19-11-8-7-9-12-19/h7-9,11-12,15,17H,10,13-14,16H2,1-6H3,(H,26,30). The van der Waals surface area contributed by atoms with Gasteiger partial charge in [0.1, 0.15) is 0 Å². The molecule has 8 heteroatoms. The van der Waals surface area contributed by atoms with Crippen LogP contribution in [0.15, 0.2) is 36.4 Å². The summed E-state index contributed by atoms with van der Waals surface area (Å²) < 4.78 is 26.7. The normalized spacial score (nSPS) is 12.5. The minimum absolute atomic E-state index is 0.00962. The number of fused-ring (bicyclic) bond motifs is 1. The molecule has 0 unspecified atom stereocenters. The first-order chi connectivity index (χ1) is 15.4. The minimum atomic E-state index is -3.24. The molecule has 0 saturated carbocycles. The Morgan fingerprint density at radius 1 is 1.15 bits per heavy atom. The fourth-order valence-electron chi connectivity index (χ4n) is 3.74. The highest BCUT2D eigenvalue weighted by Gasteiger charge is 2.25. The number of aromatic nitrogens is 3. The summed E-state index contributed by atoms with van der Waals surface area (Å²) in [5.74, 6) is -0.0593. The van der Waals surface area contributed by atoms with E-state index in [0.29, 0.717) is 17.6 Å². The Labute approximate surface area is 196 Å². The number of aryl methyl sites for hydroxylation is 1. The topological polar surface area (TPSA) is 93.9 Å². The fraction of sp³-hybridized carbons (Fsp3) is 0.480. The lowest BCUT2D eigenvalue weighted by Gasteiger charge is -2.20. The van der Waals surface area contributed by atoms with Crippen molar-refractivity contribution in [3.63, 3.8) is 0 Å². The van der Waals surface area contributed by atoms with E-state index in [0.717, 1.165) is 22.3 Å². The molecule has 2 heterocycles. The number of hydrogen-bond acceptors (Lipinski definition) is 5. The number of amides is 1. The van der Waals surface area contributed by atoms with Gasteiger partial charge in [0.2, 0.25) is 0 Å². The second-order valence-corrected chi connectivity index (χ2v) is 12.0. The van der Waals surface area contributed by atoms with E-state index in [1.807, 2.05) is 49.7 Å². The van der Waals surface area contributed by atoms with Crippen LogP contribution in [0.4, 0.5) is 0 Å². The molecule has 0 spiro atoms. The summed E-state index contributed by atoms with van der Waals surface area (Å²) in [6.07, 6.45) is 0.354. The zero-order valence-electron chi connectivity index (χ0n) is 20.3. The lowest BCUT2D eigenvalue weighted by molar-refractivity contribution is 0.0955. The number of nitrogens with zero attached hydrogens (tertiary/aromatic N) is 3. The average Bonchev–Trinajstić information content (AvgIpc) is 3.08. The summed E-state index contributed by atoms with van der Waals surface area (Å²) in [6, 6.07) is 11.0. The fourth-order valence-corrected chi connectivity index (χ4v) is 5.17. The van der Waals surface area contributed by atoms with Gasteiger partial charge in [-0.1, -0.05) is 44.2 Å². The molecular weight excluding hydrogens is 436 g/mol. The third-order valence-electron chi connectivity index (χ3n) is 5.45. The Hall–Kier alpha value is -2.74. The van der Waals surface area contributed by atoms with Crippen molar-refractivity contribution in [1.82, 2.24) is 20.1 Å². The van der Waals surface area contributed by atoms with Crippen molar-refractivity contribution in [1.29, 1.82) is 0 Å². The van der Waals surface area contributed by atoms with Crippen molar-refractivity contribution in [2.24, 2.45) is 0 Å². The molecule has 3 aromatic rings. The second-order valence-electron chi connectivity index (χ2n) is 9.80. The Bertz CT molecular complexity index is 1240. The van der Waals surface area contributed by atoms with E-state index < -0.39 is 9.84 Å². The summed E-state index contributed by atoms with van der Waals surface area (Å²) in [5, 5.41) is 8.31. The molecule has 1 aromatic carbocycles. The van der Waals surface area contributed by atoms with Crippen LogP contribution in [0.3, 0.4) is 0 Å². The third-order valence-corrected chi connectivity index (χ3v) is 7.14. The molecule has 3 rings (SSSR count). The van der Waals surface area contributed by atoms with E-state index in [1.54, 1.807) is 12.1 Å². The van der Waals surface area contributed by atoms with E-state index in [9.17, 15) is 13.2 Å². The summed E-state index contributed by atoms with van der Waals surface area (Å²) >= 11 is 0. The predicted octanol–water partition coefficient (Wildman–Crippen LogP) is 4.35. The number of nitrogens with one attached hydrogen (secondary N) is 1. The Kier molecular flexibility index (Phi) is 7.26. The van der Waals surface area contributed by atoms with E-state index >= 15 is 0 Å². The Morgan fingerprint density at radius 2 is 1.82 bits per heavy atom. The molecule has 1 amide bonds. The molecule has 0 bridgehead atoms. The number of carbonyl (C=O) groups excluding carboxylic acids is 1. The lowest BCUT2D eigenvalue weighted by atomic mass is 10.0. The van der Waals surface area contributed by atoms with Crippen molar-refractivity contribution in [2.45, 2.75) is 65.2 Å². The summed E-state index contributed by atoms with van der Waals surface area (Å²) in [5.41, 5.74) is 3.29. The highest BCUT2D eigenvalue weighted by molar-refractivity contribution is 7.90. The van der Waals surface area contributed by atoms with Gasteiger partial charge in [0.15, 0.2) is 15.5 Å². The quantitative estimate of drug-likeness (QED) is 0.494. The highest BCUT2D eigenvalue weighted by Crippen LogP contribution is 2.28. The van der Waals surface area contributed by atoms with Crippen LogP contribution >= 0.6 is 0 Å². The molecule has 0 fully saturated rings. The summed E-state index contributed by atoms with van der Waals surface area (Å²) in [4.78, 5) is 17.9. The molecule has 2 aromatic heterocycles. The van der Waals surface area contributed by atoms with Gasteiger partial charge < -0.3 is 5.32 Å². The molecule has 1 N–H and O–H groups in total. The van der Waals surface area contributed by atoms with Crippen LogP contribution in [0, 0.1) is 6.92 Å². The van der Waals surface area contributed by atoms with Crippen molar-refractivity contribution in [2.75, 3.05) is 12.3 Å². The van der Waals surface area contributed by atoms with Crippen LogP contribution < -0.4 is 5.32 Å². The SMILES string of the molecule is Cc1nn(C(C)(C)C)c2nc(C(C)C)cc(C(=O)NCCCS(=O)(=O)Cc3ccccc3)c12. The lowest BCUT2D eigenvalue weighted by Crippen LogP contribution is -2.27. The molecule has 0 atom stereocenters.